The summed E-state index contributed by atoms with van der Waals surface area (Å²) < 4.78 is 30.3. The van der Waals surface area contributed by atoms with Gasteiger partial charge in [-0.1, -0.05) is 17.7 Å². The lowest BCUT2D eigenvalue weighted by molar-refractivity contribution is -0.123. The molecule has 0 atom stereocenters. The third-order valence-corrected chi connectivity index (χ3v) is 6.91. The Morgan fingerprint density at radius 3 is 2.43 bits per heavy atom. The molecule has 2 aromatic carbocycles. The summed E-state index contributed by atoms with van der Waals surface area (Å²) in [5.74, 6) is -2.06. The van der Waals surface area contributed by atoms with Crippen molar-refractivity contribution in [1.82, 2.24) is 0 Å². The molecule has 1 heterocycles. The first-order valence-electron chi connectivity index (χ1n) is 8.83. The van der Waals surface area contributed by atoms with E-state index in [0.29, 0.717) is 0 Å². The van der Waals surface area contributed by atoms with Gasteiger partial charge in [0.1, 0.15) is 0 Å². The maximum absolute atomic E-state index is 12.7. The summed E-state index contributed by atoms with van der Waals surface area (Å²) in [5, 5.41) is 2.78. The quantitative estimate of drug-likeness (QED) is 0.717. The Hall–Kier alpha value is -2.91. The summed E-state index contributed by atoms with van der Waals surface area (Å²) in [6.07, 6.45) is 0. The molecule has 0 aromatic heterocycles. The van der Waals surface area contributed by atoms with Gasteiger partial charge in [0, 0.05) is 5.56 Å². The predicted octanol–water partition coefficient (Wildman–Crippen LogP) is 3.08. The zero-order valence-electron chi connectivity index (χ0n) is 16.4. The molecule has 1 N–H and O–H groups in total. The van der Waals surface area contributed by atoms with Gasteiger partial charge in [-0.15, -0.1) is 0 Å². The lowest BCUT2D eigenvalue weighted by atomic mass is 9.95. The fourth-order valence-corrected chi connectivity index (χ4v) is 5.36. The van der Waals surface area contributed by atoms with Crippen LogP contribution in [0.1, 0.15) is 34.6 Å². The molecule has 0 bridgehead atoms. The van der Waals surface area contributed by atoms with Gasteiger partial charge in [0.15, 0.2) is 0 Å². The number of rotatable bonds is 4. The number of nitrogens with zero attached hydrogens (tertiary/aromatic N) is 1. The molecule has 158 valence electrons. The average molecular weight is 451 g/mol. The minimum Gasteiger partial charge on any atom is -0.465 e. The average Bonchev–Trinajstić information content (AvgIpc) is 2.85. The van der Waals surface area contributed by atoms with Gasteiger partial charge in [-0.05, 0) is 50.2 Å². The van der Waals surface area contributed by atoms with E-state index in [0.717, 1.165) is 4.31 Å². The van der Waals surface area contributed by atoms with Crippen LogP contribution in [0.25, 0.3) is 0 Å². The second kappa shape index (κ2) is 7.73. The summed E-state index contributed by atoms with van der Waals surface area (Å²) in [7, 11) is -2.61. The molecule has 1 aliphatic rings. The first kappa shape index (κ1) is 21.8. The van der Waals surface area contributed by atoms with Crippen LogP contribution in [-0.2, 0) is 19.6 Å². The number of methoxy groups -OCH3 is 1. The second-order valence-electron chi connectivity index (χ2n) is 7.40. The van der Waals surface area contributed by atoms with Crippen molar-refractivity contribution in [3.63, 3.8) is 0 Å². The summed E-state index contributed by atoms with van der Waals surface area (Å²) in [6.45, 7) is 3.11. The molecule has 2 aromatic rings. The topological polar surface area (TPSA) is 110 Å². The van der Waals surface area contributed by atoms with Crippen LogP contribution in [0.5, 0.6) is 0 Å². The Morgan fingerprint density at radius 1 is 1.13 bits per heavy atom. The number of benzene rings is 2. The molecule has 1 aliphatic heterocycles. The molecular weight excluding hydrogens is 432 g/mol. The summed E-state index contributed by atoms with van der Waals surface area (Å²) in [6, 6.07) is 9.96. The largest absolute Gasteiger partial charge is 0.465 e. The van der Waals surface area contributed by atoms with E-state index in [9.17, 15) is 22.8 Å². The Balaban J connectivity index is 1.91. The maximum Gasteiger partial charge on any atom is 0.337 e. The van der Waals surface area contributed by atoms with Crippen molar-refractivity contribution in [2.24, 2.45) is 5.41 Å². The van der Waals surface area contributed by atoms with E-state index in [4.69, 9.17) is 11.6 Å². The Bertz CT molecular complexity index is 1160. The van der Waals surface area contributed by atoms with Gasteiger partial charge in [-0.2, -0.15) is 0 Å². The van der Waals surface area contributed by atoms with E-state index in [2.05, 4.69) is 10.1 Å². The third-order valence-electron chi connectivity index (χ3n) is 4.56. The molecule has 0 radical (unpaired) electrons. The highest BCUT2D eigenvalue weighted by Gasteiger charge is 2.49. The fourth-order valence-electron chi connectivity index (χ4n) is 3.10. The first-order valence-corrected chi connectivity index (χ1v) is 10.8. The first-order chi connectivity index (χ1) is 14.0. The molecule has 0 unspecified atom stereocenters. The highest BCUT2D eigenvalue weighted by molar-refractivity contribution is 7.94. The van der Waals surface area contributed by atoms with E-state index in [1.54, 1.807) is 13.8 Å². The molecule has 2 amide bonds. The van der Waals surface area contributed by atoms with Gasteiger partial charge in [0.2, 0.25) is 15.9 Å². The number of esters is 1. The Kier molecular flexibility index (Phi) is 5.62. The van der Waals surface area contributed by atoms with E-state index in [1.807, 2.05) is 0 Å². The highest BCUT2D eigenvalue weighted by atomic mass is 35.5. The van der Waals surface area contributed by atoms with E-state index in [1.165, 1.54) is 49.6 Å². The smallest absolute Gasteiger partial charge is 0.337 e. The third kappa shape index (κ3) is 4.03. The number of carbonyl (C=O) groups is 3. The van der Waals surface area contributed by atoms with Crippen LogP contribution < -0.4 is 9.62 Å². The maximum atomic E-state index is 12.7. The normalized spacial score (nSPS) is 16.9. The minimum atomic E-state index is -3.84. The van der Waals surface area contributed by atoms with Crippen LogP contribution in [0, 0.1) is 5.41 Å². The number of amides is 2. The van der Waals surface area contributed by atoms with Gasteiger partial charge in [-0.25, -0.2) is 17.5 Å². The van der Waals surface area contributed by atoms with Gasteiger partial charge in [-0.3, -0.25) is 9.59 Å². The van der Waals surface area contributed by atoms with E-state index >= 15 is 0 Å². The van der Waals surface area contributed by atoms with Crippen LogP contribution in [0.4, 0.5) is 11.4 Å². The lowest BCUT2D eigenvalue weighted by Gasteiger charge is -2.18. The number of halogens is 1. The van der Waals surface area contributed by atoms with Crippen LogP contribution in [-0.4, -0.2) is 39.1 Å². The summed E-state index contributed by atoms with van der Waals surface area (Å²) >= 11 is 6.10. The number of carbonyl (C=O) groups excluding carboxylic acids is 3. The predicted molar refractivity (Wildman–Crippen MR) is 112 cm³/mol. The van der Waals surface area contributed by atoms with Crippen molar-refractivity contribution in [3.8, 4) is 0 Å². The Labute approximate surface area is 178 Å². The van der Waals surface area contributed by atoms with Gasteiger partial charge in [0.05, 0.1) is 40.2 Å². The molecule has 0 aliphatic carbocycles. The van der Waals surface area contributed by atoms with Gasteiger partial charge in [0.25, 0.3) is 5.91 Å². The standard InChI is InChI=1S/C20H19ClN2O6S/c1-20(2)11-30(27,28)23(19(20)26)14-6-4-5-12(9-14)17(24)22-16-10-13(18(25)29-3)7-8-15(16)21/h4-10H,11H2,1-3H3,(H,22,24). The zero-order valence-corrected chi connectivity index (χ0v) is 18.0. The molecule has 0 spiro atoms. The number of nitrogens with one attached hydrogen (secondary N) is 1. The van der Waals surface area contributed by atoms with Crippen LogP contribution in [0.15, 0.2) is 42.5 Å². The Morgan fingerprint density at radius 2 is 1.83 bits per heavy atom. The molecule has 0 saturated carbocycles. The van der Waals surface area contributed by atoms with Crippen LogP contribution >= 0.6 is 11.6 Å². The van der Waals surface area contributed by atoms with E-state index in [-0.39, 0.29) is 33.3 Å². The van der Waals surface area contributed by atoms with Crippen LogP contribution in [0.2, 0.25) is 5.02 Å². The molecule has 1 saturated heterocycles. The molecule has 8 nitrogen and oxygen atoms in total. The molecule has 30 heavy (non-hydrogen) atoms. The second-order valence-corrected chi connectivity index (χ2v) is 9.63. The molecule has 1 fully saturated rings. The van der Waals surface area contributed by atoms with Crippen molar-refractivity contribution in [2.75, 3.05) is 22.5 Å². The van der Waals surface area contributed by atoms with Gasteiger partial charge < -0.3 is 10.1 Å². The SMILES string of the molecule is COC(=O)c1ccc(Cl)c(NC(=O)c2cccc(N3C(=O)C(C)(C)CS3(=O)=O)c2)c1. The van der Waals surface area contributed by atoms with Crippen molar-refractivity contribution >= 4 is 50.8 Å². The summed E-state index contributed by atoms with van der Waals surface area (Å²) in [4.78, 5) is 37.0. The van der Waals surface area contributed by atoms with Crippen LogP contribution in [0.3, 0.4) is 0 Å². The number of sulfonamides is 1. The number of anilines is 2. The van der Waals surface area contributed by atoms with Crippen molar-refractivity contribution in [3.05, 3.63) is 58.6 Å². The summed E-state index contributed by atoms with van der Waals surface area (Å²) in [5.41, 5.74) is -0.492. The van der Waals surface area contributed by atoms with E-state index < -0.39 is 33.2 Å². The number of hydrogen-bond acceptors (Lipinski definition) is 6. The van der Waals surface area contributed by atoms with Crippen molar-refractivity contribution in [1.29, 1.82) is 0 Å². The zero-order chi connectivity index (χ0) is 22.3. The molecule has 10 heteroatoms. The van der Waals surface area contributed by atoms with Gasteiger partial charge >= 0.3 is 5.97 Å². The minimum absolute atomic E-state index is 0.0765. The monoisotopic (exact) mass is 450 g/mol. The molecular formula is C20H19ClN2O6S. The fraction of sp³-hybridized carbons (Fsp3) is 0.250. The molecule has 3 rings (SSSR count). The number of ether oxygens (including phenoxy) is 1. The highest BCUT2D eigenvalue weighted by Crippen LogP contribution is 2.36. The van der Waals surface area contributed by atoms with Crippen molar-refractivity contribution < 1.29 is 27.5 Å². The van der Waals surface area contributed by atoms with Crippen molar-refractivity contribution in [2.45, 2.75) is 13.8 Å². The number of hydrogen-bond donors (Lipinski definition) is 1. The lowest BCUT2D eigenvalue weighted by Crippen LogP contribution is -2.33.